The van der Waals surface area contributed by atoms with Crippen LogP contribution >= 0.6 is 12.6 Å². The van der Waals surface area contributed by atoms with Crippen LogP contribution in [-0.2, 0) is 10.1 Å². The summed E-state index contributed by atoms with van der Waals surface area (Å²) in [5.74, 6) is 0.889. The average molecular weight is 355 g/mol. The van der Waals surface area contributed by atoms with Crippen molar-refractivity contribution in [3.63, 3.8) is 0 Å². The van der Waals surface area contributed by atoms with Crippen LogP contribution in [0, 0.1) is 0 Å². The van der Waals surface area contributed by atoms with Gasteiger partial charge in [0.05, 0.1) is 32.9 Å². The molecular formula is C16H36NO3S2+. The van der Waals surface area contributed by atoms with Crippen LogP contribution in [0.1, 0.15) is 64.2 Å². The molecule has 0 fully saturated rings. The minimum absolute atomic E-state index is 0.123. The van der Waals surface area contributed by atoms with Crippen LogP contribution in [0.5, 0.6) is 0 Å². The van der Waals surface area contributed by atoms with E-state index >= 15 is 0 Å². The Hall–Kier alpha value is 0.220. The zero-order chi connectivity index (χ0) is 16.9. The predicted molar refractivity (Wildman–Crippen MR) is 98.3 cm³/mol. The lowest BCUT2D eigenvalue weighted by molar-refractivity contribution is -0.890. The maximum atomic E-state index is 10.7. The summed E-state index contributed by atoms with van der Waals surface area (Å²) in [4.78, 5) is 0. The zero-order valence-corrected chi connectivity index (χ0v) is 16.2. The molecule has 0 heterocycles. The molecule has 4 nitrogen and oxygen atoms in total. The van der Waals surface area contributed by atoms with E-state index in [2.05, 4.69) is 26.7 Å². The van der Waals surface area contributed by atoms with E-state index in [1.54, 1.807) is 0 Å². The largest absolute Gasteiger partial charge is 0.328 e. The van der Waals surface area contributed by atoms with Gasteiger partial charge in [-0.15, -0.1) is 0 Å². The van der Waals surface area contributed by atoms with E-state index in [4.69, 9.17) is 4.55 Å². The third-order valence-electron chi connectivity index (χ3n) is 4.09. The highest BCUT2D eigenvalue weighted by Gasteiger charge is 2.15. The molecule has 0 saturated carbocycles. The molecule has 0 aromatic heterocycles. The van der Waals surface area contributed by atoms with Crippen LogP contribution in [0.2, 0.25) is 0 Å². The Balaban J connectivity index is 3.45. The fourth-order valence-corrected chi connectivity index (χ4v) is 3.39. The molecule has 6 heteroatoms. The second kappa shape index (κ2) is 12.6. The SMILES string of the molecule is C[N+](C)(CCCCCCCCCCCS)CCCS(=O)(=O)O. The van der Waals surface area contributed by atoms with Crippen LogP contribution in [-0.4, -0.2) is 56.1 Å². The lowest BCUT2D eigenvalue weighted by Crippen LogP contribution is -2.41. The van der Waals surface area contributed by atoms with Gasteiger partial charge in [0.1, 0.15) is 0 Å². The molecule has 0 rings (SSSR count). The molecule has 1 N–H and O–H groups in total. The molecule has 0 saturated heterocycles. The molecule has 0 aromatic rings. The molecular weight excluding hydrogens is 318 g/mol. The summed E-state index contributed by atoms with van der Waals surface area (Å²) < 4.78 is 31.0. The average Bonchev–Trinajstić information content (AvgIpc) is 2.39. The van der Waals surface area contributed by atoms with E-state index in [9.17, 15) is 8.42 Å². The van der Waals surface area contributed by atoms with Crippen molar-refractivity contribution in [2.45, 2.75) is 64.2 Å². The quantitative estimate of drug-likeness (QED) is 0.204. The van der Waals surface area contributed by atoms with Gasteiger partial charge in [-0.25, -0.2) is 0 Å². The fourth-order valence-electron chi connectivity index (χ4n) is 2.68. The Bertz CT molecular complexity index is 356. The van der Waals surface area contributed by atoms with Crippen LogP contribution < -0.4 is 0 Å². The van der Waals surface area contributed by atoms with Gasteiger partial charge in [-0.2, -0.15) is 21.0 Å². The van der Waals surface area contributed by atoms with Crippen molar-refractivity contribution in [2.75, 3.05) is 38.7 Å². The van der Waals surface area contributed by atoms with Gasteiger partial charge in [0.25, 0.3) is 10.1 Å². The standard InChI is InChI=1S/C16H35NO3S2/c1-17(2,14-12-16-22(18,19)20)13-10-8-6-4-3-5-7-9-11-15-21/h3-16H2,1-2H3,(H-,18,19,20,21)/p+1. The summed E-state index contributed by atoms with van der Waals surface area (Å²) in [6.45, 7) is 1.87. The maximum absolute atomic E-state index is 10.7. The van der Waals surface area contributed by atoms with Gasteiger partial charge in [0.15, 0.2) is 0 Å². The molecule has 0 unspecified atom stereocenters. The number of nitrogens with zero attached hydrogens (tertiary/aromatic N) is 1. The van der Waals surface area contributed by atoms with Crippen molar-refractivity contribution in [1.82, 2.24) is 0 Å². The lowest BCUT2D eigenvalue weighted by atomic mass is 10.1. The van der Waals surface area contributed by atoms with Gasteiger partial charge >= 0.3 is 0 Å². The van der Waals surface area contributed by atoms with Gasteiger partial charge in [-0.05, 0) is 25.0 Å². The Morgan fingerprint density at radius 1 is 0.773 bits per heavy atom. The molecule has 0 aromatic carbocycles. The fraction of sp³-hybridized carbons (Fsp3) is 1.00. The molecule has 0 spiro atoms. The third-order valence-corrected chi connectivity index (χ3v) is 5.21. The van der Waals surface area contributed by atoms with Crippen molar-refractivity contribution < 1.29 is 17.5 Å². The Labute approximate surface area is 143 Å². The summed E-state index contributed by atoms with van der Waals surface area (Å²) in [6, 6.07) is 0. The molecule has 0 aliphatic rings. The highest BCUT2D eigenvalue weighted by molar-refractivity contribution is 7.85. The second-order valence-electron chi connectivity index (χ2n) is 6.93. The minimum Gasteiger partial charge on any atom is -0.328 e. The van der Waals surface area contributed by atoms with E-state index < -0.39 is 10.1 Å². The molecule has 0 amide bonds. The number of hydrogen-bond donors (Lipinski definition) is 2. The lowest BCUT2D eigenvalue weighted by Gasteiger charge is -2.29. The van der Waals surface area contributed by atoms with Crippen LogP contribution in [0.15, 0.2) is 0 Å². The summed E-state index contributed by atoms with van der Waals surface area (Å²) >= 11 is 4.22. The monoisotopic (exact) mass is 354 g/mol. The molecule has 134 valence electrons. The van der Waals surface area contributed by atoms with E-state index in [1.165, 1.54) is 57.8 Å². The Kier molecular flexibility index (Phi) is 12.7. The van der Waals surface area contributed by atoms with Crippen LogP contribution in [0.3, 0.4) is 0 Å². The van der Waals surface area contributed by atoms with Gasteiger partial charge in [-0.3, -0.25) is 4.55 Å². The molecule has 0 atom stereocenters. The van der Waals surface area contributed by atoms with E-state index in [0.29, 0.717) is 6.42 Å². The highest BCUT2D eigenvalue weighted by Crippen LogP contribution is 2.11. The van der Waals surface area contributed by atoms with Crippen molar-refractivity contribution >= 4 is 22.7 Å². The van der Waals surface area contributed by atoms with Gasteiger partial charge in [0, 0.05) is 6.42 Å². The summed E-state index contributed by atoms with van der Waals surface area (Å²) in [5, 5.41) is 0. The summed E-state index contributed by atoms with van der Waals surface area (Å²) in [5.41, 5.74) is 0. The van der Waals surface area contributed by atoms with Crippen molar-refractivity contribution in [3.05, 3.63) is 0 Å². The Morgan fingerprint density at radius 2 is 1.18 bits per heavy atom. The first-order valence-corrected chi connectivity index (χ1v) is 10.9. The summed E-state index contributed by atoms with van der Waals surface area (Å²) in [6.07, 6.45) is 12.2. The van der Waals surface area contributed by atoms with E-state index in [-0.39, 0.29) is 5.75 Å². The van der Waals surface area contributed by atoms with E-state index in [1.807, 2.05) is 0 Å². The van der Waals surface area contributed by atoms with E-state index in [0.717, 1.165) is 23.3 Å². The number of rotatable bonds is 15. The first-order chi connectivity index (χ1) is 10.3. The summed E-state index contributed by atoms with van der Waals surface area (Å²) in [7, 11) is 0.456. The molecule has 0 aliphatic heterocycles. The van der Waals surface area contributed by atoms with Crippen LogP contribution in [0.4, 0.5) is 0 Å². The molecule has 0 aliphatic carbocycles. The first kappa shape index (κ1) is 22.2. The number of quaternary nitrogens is 1. The number of unbranched alkanes of at least 4 members (excludes halogenated alkanes) is 8. The highest BCUT2D eigenvalue weighted by atomic mass is 32.2. The van der Waals surface area contributed by atoms with Crippen molar-refractivity contribution in [3.8, 4) is 0 Å². The van der Waals surface area contributed by atoms with Crippen molar-refractivity contribution in [1.29, 1.82) is 0 Å². The third kappa shape index (κ3) is 16.6. The number of hydrogen-bond acceptors (Lipinski definition) is 3. The topological polar surface area (TPSA) is 54.4 Å². The normalized spacial score (nSPS) is 12.7. The second-order valence-corrected chi connectivity index (χ2v) is 8.95. The minimum atomic E-state index is -3.80. The first-order valence-electron chi connectivity index (χ1n) is 8.65. The van der Waals surface area contributed by atoms with Crippen molar-refractivity contribution in [2.24, 2.45) is 0 Å². The van der Waals surface area contributed by atoms with Gasteiger partial charge < -0.3 is 4.48 Å². The zero-order valence-electron chi connectivity index (χ0n) is 14.5. The number of thiol groups is 1. The maximum Gasteiger partial charge on any atom is 0.265 e. The van der Waals surface area contributed by atoms with Crippen LogP contribution in [0.25, 0.3) is 0 Å². The molecule has 22 heavy (non-hydrogen) atoms. The van der Waals surface area contributed by atoms with Gasteiger partial charge in [0.2, 0.25) is 0 Å². The predicted octanol–water partition coefficient (Wildman–Crippen LogP) is 3.78. The smallest absolute Gasteiger partial charge is 0.265 e. The molecule has 0 radical (unpaired) electrons. The molecule has 0 bridgehead atoms. The van der Waals surface area contributed by atoms with Gasteiger partial charge in [-0.1, -0.05) is 38.5 Å². The Morgan fingerprint density at radius 3 is 1.64 bits per heavy atom.